The molecule has 0 saturated carbocycles. The zero-order chi connectivity index (χ0) is 11.4. The molecule has 1 aromatic carbocycles. The van der Waals surface area contributed by atoms with E-state index in [9.17, 15) is 4.79 Å². The highest BCUT2D eigenvalue weighted by Crippen LogP contribution is 2.26. The van der Waals surface area contributed by atoms with Crippen LogP contribution in [0.2, 0.25) is 0 Å². The molecule has 0 radical (unpaired) electrons. The van der Waals surface area contributed by atoms with Crippen molar-refractivity contribution in [1.29, 1.82) is 0 Å². The first-order valence-corrected chi connectivity index (χ1v) is 6.31. The Kier molecular flexibility index (Phi) is 4.67. The van der Waals surface area contributed by atoms with Gasteiger partial charge in [0.15, 0.2) is 0 Å². The quantitative estimate of drug-likeness (QED) is 0.797. The molecule has 82 valence electrons. The highest BCUT2D eigenvalue weighted by molar-refractivity contribution is 9.10. The first kappa shape index (κ1) is 12.6. The van der Waals surface area contributed by atoms with Crippen LogP contribution in [0.4, 0.5) is 0 Å². The van der Waals surface area contributed by atoms with Gasteiger partial charge in [-0.25, -0.2) is 0 Å². The summed E-state index contributed by atoms with van der Waals surface area (Å²) in [5.74, 6) is 0.139. The Morgan fingerprint density at radius 1 is 1.47 bits per heavy atom. The molecule has 15 heavy (non-hydrogen) atoms. The molecule has 0 aromatic heterocycles. The first-order chi connectivity index (χ1) is 7.00. The number of benzene rings is 1. The zero-order valence-corrected chi connectivity index (χ0v) is 11.4. The molecular formula is C11H14BrNOS. The predicted molar refractivity (Wildman–Crippen MR) is 68.2 cm³/mol. The fourth-order valence-corrected chi connectivity index (χ4v) is 2.78. The number of carbonyl (C=O) groups is 1. The van der Waals surface area contributed by atoms with E-state index in [4.69, 9.17) is 0 Å². The van der Waals surface area contributed by atoms with Crippen molar-refractivity contribution in [3.05, 3.63) is 28.7 Å². The van der Waals surface area contributed by atoms with Gasteiger partial charge in [0, 0.05) is 23.5 Å². The van der Waals surface area contributed by atoms with Crippen molar-refractivity contribution < 1.29 is 4.79 Å². The molecule has 4 heteroatoms. The van der Waals surface area contributed by atoms with E-state index >= 15 is 0 Å². The maximum atomic E-state index is 11.6. The maximum Gasteiger partial charge on any atom is 0.235 e. The fraction of sp³-hybridized carbons (Fsp3) is 0.364. The fourth-order valence-electron chi connectivity index (χ4n) is 1.16. The van der Waals surface area contributed by atoms with Crippen LogP contribution >= 0.6 is 27.7 Å². The van der Waals surface area contributed by atoms with Gasteiger partial charge < -0.3 is 4.90 Å². The molecule has 0 heterocycles. The van der Waals surface area contributed by atoms with Crippen molar-refractivity contribution in [3.63, 3.8) is 0 Å². The van der Waals surface area contributed by atoms with Gasteiger partial charge in [0.25, 0.3) is 0 Å². The number of amides is 1. The first-order valence-electron chi connectivity index (χ1n) is 4.64. The van der Waals surface area contributed by atoms with Crippen LogP contribution in [-0.2, 0) is 4.79 Å². The molecule has 0 N–H and O–H groups in total. The molecule has 1 rings (SSSR count). The Labute approximate surface area is 103 Å². The van der Waals surface area contributed by atoms with Crippen molar-refractivity contribution in [2.75, 3.05) is 14.1 Å². The Morgan fingerprint density at radius 3 is 2.67 bits per heavy atom. The number of nitrogens with zero attached hydrogens (tertiary/aromatic N) is 1. The van der Waals surface area contributed by atoms with Crippen LogP contribution in [0.3, 0.4) is 0 Å². The number of rotatable bonds is 3. The van der Waals surface area contributed by atoms with E-state index < -0.39 is 0 Å². The standard InChI is InChI=1S/C11H14BrNOS/c1-8(11(14)13(2)3)15-10-6-4-5-9(12)7-10/h4-8H,1-3H3. The van der Waals surface area contributed by atoms with E-state index in [1.165, 1.54) is 0 Å². The average molecular weight is 288 g/mol. The van der Waals surface area contributed by atoms with E-state index in [2.05, 4.69) is 15.9 Å². The highest BCUT2D eigenvalue weighted by atomic mass is 79.9. The second-order valence-electron chi connectivity index (χ2n) is 3.45. The lowest BCUT2D eigenvalue weighted by Crippen LogP contribution is -2.29. The lowest BCUT2D eigenvalue weighted by Gasteiger charge is -2.16. The third kappa shape index (κ3) is 3.87. The third-order valence-corrected chi connectivity index (χ3v) is 3.47. The number of carbonyl (C=O) groups excluding carboxylic acids is 1. The highest BCUT2D eigenvalue weighted by Gasteiger charge is 2.15. The van der Waals surface area contributed by atoms with Crippen molar-refractivity contribution in [3.8, 4) is 0 Å². The van der Waals surface area contributed by atoms with Crippen LogP contribution in [0.25, 0.3) is 0 Å². The van der Waals surface area contributed by atoms with Crippen molar-refractivity contribution in [2.45, 2.75) is 17.1 Å². The van der Waals surface area contributed by atoms with Crippen LogP contribution in [0.5, 0.6) is 0 Å². The molecule has 0 aliphatic carbocycles. The summed E-state index contributed by atoms with van der Waals surface area (Å²) in [6, 6.07) is 7.97. The second-order valence-corrected chi connectivity index (χ2v) is 5.78. The van der Waals surface area contributed by atoms with E-state index in [1.807, 2.05) is 31.2 Å². The minimum absolute atomic E-state index is 0.0469. The molecule has 1 atom stereocenters. The van der Waals surface area contributed by atoms with E-state index in [-0.39, 0.29) is 11.2 Å². The van der Waals surface area contributed by atoms with Gasteiger partial charge in [-0.1, -0.05) is 22.0 Å². The van der Waals surface area contributed by atoms with Crippen LogP contribution in [0, 0.1) is 0 Å². The van der Waals surface area contributed by atoms with E-state index in [0.29, 0.717) is 0 Å². The Balaban J connectivity index is 2.66. The Bertz CT molecular complexity index is 354. The number of hydrogen-bond donors (Lipinski definition) is 0. The second kappa shape index (κ2) is 5.56. The summed E-state index contributed by atoms with van der Waals surface area (Å²) >= 11 is 4.98. The molecule has 0 saturated heterocycles. The monoisotopic (exact) mass is 287 g/mol. The van der Waals surface area contributed by atoms with E-state index in [0.717, 1.165) is 9.37 Å². The minimum atomic E-state index is -0.0469. The SMILES string of the molecule is CC(Sc1cccc(Br)c1)C(=O)N(C)C. The summed E-state index contributed by atoms with van der Waals surface area (Å²) in [5, 5.41) is -0.0469. The number of thioether (sulfide) groups is 1. The van der Waals surface area contributed by atoms with Gasteiger partial charge in [0.1, 0.15) is 0 Å². The Hall–Kier alpha value is -0.480. The molecule has 1 amide bonds. The van der Waals surface area contributed by atoms with E-state index in [1.54, 1.807) is 30.8 Å². The van der Waals surface area contributed by atoms with Crippen LogP contribution in [0.15, 0.2) is 33.6 Å². The zero-order valence-electron chi connectivity index (χ0n) is 9.03. The topological polar surface area (TPSA) is 20.3 Å². The maximum absolute atomic E-state index is 11.6. The number of halogens is 1. The molecule has 0 fully saturated rings. The lowest BCUT2D eigenvalue weighted by atomic mass is 10.4. The van der Waals surface area contributed by atoms with Crippen LogP contribution in [-0.4, -0.2) is 30.2 Å². The van der Waals surface area contributed by atoms with Crippen molar-refractivity contribution in [2.24, 2.45) is 0 Å². The predicted octanol–water partition coefficient (Wildman–Crippen LogP) is 3.02. The van der Waals surface area contributed by atoms with Crippen molar-refractivity contribution >= 4 is 33.6 Å². The summed E-state index contributed by atoms with van der Waals surface area (Å²) in [6.07, 6.45) is 0. The summed E-state index contributed by atoms with van der Waals surface area (Å²) < 4.78 is 1.04. The van der Waals surface area contributed by atoms with Gasteiger partial charge in [0.2, 0.25) is 5.91 Å². The van der Waals surface area contributed by atoms with Gasteiger partial charge in [-0.2, -0.15) is 0 Å². The van der Waals surface area contributed by atoms with Gasteiger partial charge in [-0.15, -0.1) is 11.8 Å². The summed E-state index contributed by atoms with van der Waals surface area (Å²) in [6.45, 7) is 1.92. The molecule has 0 aliphatic rings. The smallest absolute Gasteiger partial charge is 0.235 e. The van der Waals surface area contributed by atoms with Crippen LogP contribution < -0.4 is 0 Å². The van der Waals surface area contributed by atoms with Gasteiger partial charge in [-0.05, 0) is 25.1 Å². The molecule has 0 spiro atoms. The minimum Gasteiger partial charge on any atom is -0.348 e. The Morgan fingerprint density at radius 2 is 2.13 bits per heavy atom. The molecular weight excluding hydrogens is 274 g/mol. The van der Waals surface area contributed by atoms with Gasteiger partial charge >= 0.3 is 0 Å². The summed E-state index contributed by atoms with van der Waals surface area (Å²) in [5.41, 5.74) is 0. The molecule has 1 aromatic rings. The van der Waals surface area contributed by atoms with Crippen LogP contribution in [0.1, 0.15) is 6.92 Å². The van der Waals surface area contributed by atoms with Crippen molar-refractivity contribution in [1.82, 2.24) is 4.90 Å². The largest absolute Gasteiger partial charge is 0.348 e. The number of hydrogen-bond acceptors (Lipinski definition) is 2. The summed E-state index contributed by atoms with van der Waals surface area (Å²) in [4.78, 5) is 14.3. The third-order valence-electron chi connectivity index (χ3n) is 1.90. The van der Waals surface area contributed by atoms with Gasteiger partial charge in [0.05, 0.1) is 5.25 Å². The van der Waals surface area contributed by atoms with Gasteiger partial charge in [-0.3, -0.25) is 4.79 Å². The lowest BCUT2D eigenvalue weighted by molar-refractivity contribution is -0.127. The normalized spacial score (nSPS) is 12.3. The average Bonchev–Trinajstić information content (AvgIpc) is 2.16. The molecule has 0 aliphatic heterocycles. The molecule has 2 nitrogen and oxygen atoms in total. The molecule has 0 bridgehead atoms. The molecule has 1 unspecified atom stereocenters. The summed E-state index contributed by atoms with van der Waals surface area (Å²) in [7, 11) is 3.56.